The minimum absolute atomic E-state index is 0.103. The molecule has 0 spiro atoms. The second-order valence-corrected chi connectivity index (χ2v) is 9.16. The average Bonchev–Trinajstić information content (AvgIpc) is 2.70. The Bertz CT molecular complexity index is 849. The van der Waals surface area contributed by atoms with Crippen LogP contribution < -0.4 is 5.32 Å². The molecule has 0 saturated carbocycles. The molecule has 0 aromatic heterocycles. The van der Waals surface area contributed by atoms with Gasteiger partial charge in [0.05, 0.1) is 5.75 Å². The van der Waals surface area contributed by atoms with Crippen LogP contribution in [0.3, 0.4) is 0 Å². The van der Waals surface area contributed by atoms with Crippen LogP contribution in [0, 0.1) is 0 Å². The second kappa shape index (κ2) is 11.8. The normalized spacial score (nSPS) is 11.8. The van der Waals surface area contributed by atoms with Gasteiger partial charge < -0.3 is 10.2 Å². The molecule has 2 amide bonds. The molecule has 0 fully saturated rings. The van der Waals surface area contributed by atoms with E-state index >= 15 is 0 Å². The van der Waals surface area contributed by atoms with Crippen LogP contribution in [0.5, 0.6) is 0 Å². The van der Waals surface area contributed by atoms with E-state index in [1.54, 1.807) is 30.1 Å². The summed E-state index contributed by atoms with van der Waals surface area (Å²) in [4.78, 5) is 27.0. The van der Waals surface area contributed by atoms with Gasteiger partial charge in [0.1, 0.15) is 6.04 Å². The smallest absolute Gasteiger partial charge is 0.242 e. The lowest BCUT2D eigenvalue weighted by Crippen LogP contribution is -2.48. The van der Waals surface area contributed by atoms with Gasteiger partial charge in [-0.3, -0.25) is 9.59 Å². The quantitative estimate of drug-likeness (QED) is 0.474. The summed E-state index contributed by atoms with van der Waals surface area (Å²) in [6.07, 6.45) is 0.508. The summed E-state index contributed by atoms with van der Waals surface area (Å²) >= 11 is 17.2. The topological polar surface area (TPSA) is 49.4 Å². The minimum atomic E-state index is -0.562. The molecule has 0 aliphatic heterocycles. The van der Waals surface area contributed by atoms with Gasteiger partial charge in [-0.05, 0) is 41.8 Å². The zero-order valence-electron chi connectivity index (χ0n) is 16.3. The maximum atomic E-state index is 13.0. The number of benzene rings is 2. The number of nitrogens with one attached hydrogen (secondary N) is 1. The molecule has 2 aromatic carbocycles. The van der Waals surface area contributed by atoms with Crippen LogP contribution >= 0.6 is 50.9 Å². The van der Waals surface area contributed by atoms with Gasteiger partial charge in [-0.15, -0.1) is 11.8 Å². The van der Waals surface area contributed by atoms with Crippen LogP contribution in [0.4, 0.5) is 0 Å². The van der Waals surface area contributed by atoms with Crippen molar-refractivity contribution in [3.05, 3.63) is 68.1 Å². The van der Waals surface area contributed by atoms with Crippen molar-refractivity contribution >= 4 is 62.7 Å². The number of thioether (sulfide) groups is 1. The number of carbonyl (C=O) groups is 2. The minimum Gasteiger partial charge on any atom is -0.357 e. The van der Waals surface area contributed by atoms with Crippen molar-refractivity contribution < 1.29 is 9.59 Å². The number of rotatable bonds is 9. The van der Waals surface area contributed by atoms with E-state index in [0.717, 1.165) is 15.6 Å². The summed E-state index contributed by atoms with van der Waals surface area (Å²) in [7, 11) is 1.57. The molecular formula is C21H23BrCl2N2O2S. The summed E-state index contributed by atoms with van der Waals surface area (Å²) in [5, 5.41) is 3.65. The number of hydrogen-bond acceptors (Lipinski definition) is 3. The molecule has 0 radical (unpaired) electrons. The Labute approximate surface area is 194 Å². The van der Waals surface area contributed by atoms with E-state index in [-0.39, 0.29) is 24.1 Å². The predicted molar refractivity (Wildman–Crippen MR) is 125 cm³/mol. The van der Waals surface area contributed by atoms with Gasteiger partial charge in [-0.2, -0.15) is 0 Å². The monoisotopic (exact) mass is 516 g/mol. The molecule has 0 aliphatic rings. The highest BCUT2D eigenvalue weighted by Crippen LogP contribution is 2.24. The Morgan fingerprint density at radius 2 is 1.86 bits per heavy atom. The van der Waals surface area contributed by atoms with Crippen molar-refractivity contribution in [1.82, 2.24) is 10.2 Å². The Balaban J connectivity index is 2.13. The van der Waals surface area contributed by atoms with E-state index in [1.165, 1.54) is 11.8 Å². The van der Waals surface area contributed by atoms with Gasteiger partial charge >= 0.3 is 0 Å². The number of likely N-dealkylation sites (N-methyl/N-ethyl adjacent to an activating group) is 1. The Kier molecular flexibility index (Phi) is 9.83. The Morgan fingerprint density at radius 3 is 2.45 bits per heavy atom. The van der Waals surface area contributed by atoms with Crippen molar-refractivity contribution in [3.63, 3.8) is 0 Å². The summed E-state index contributed by atoms with van der Waals surface area (Å²) < 4.78 is 1.02. The van der Waals surface area contributed by atoms with Crippen LogP contribution in [0.1, 0.15) is 24.5 Å². The number of halogens is 3. The van der Waals surface area contributed by atoms with Crippen LogP contribution in [0.2, 0.25) is 10.0 Å². The first kappa shape index (κ1) is 24.1. The molecular weight excluding hydrogens is 495 g/mol. The van der Waals surface area contributed by atoms with Gasteiger partial charge in [0, 0.05) is 33.9 Å². The van der Waals surface area contributed by atoms with E-state index in [0.29, 0.717) is 22.2 Å². The molecule has 0 heterocycles. The number of hydrogen-bond donors (Lipinski definition) is 1. The van der Waals surface area contributed by atoms with E-state index in [2.05, 4.69) is 21.2 Å². The molecule has 29 heavy (non-hydrogen) atoms. The van der Waals surface area contributed by atoms with Gasteiger partial charge in [0.25, 0.3) is 0 Å². The predicted octanol–water partition coefficient (Wildman–Crippen LogP) is 5.54. The highest BCUT2D eigenvalue weighted by Gasteiger charge is 2.28. The highest BCUT2D eigenvalue weighted by molar-refractivity contribution is 9.10. The lowest BCUT2D eigenvalue weighted by molar-refractivity contribution is -0.139. The van der Waals surface area contributed by atoms with Gasteiger partial charge in [-0.25, -0.2) is 0 Å². The van der Waals surface area contributed by atoms with Gasteiger partial charge in [0.15, 0.2) is 0 Å². The third-order valence-electron chi connectivity index (χ3n) is 4.40. The average molecular weight is 518 g/mol. The first-order chi connectivity index (χ1) is 13.8. The van der Waals surface area contributed by atoms with E-state index in [9.17, 15) is 9.59 Å². The lowest BCUT2D eigenvalue weighted by Gasteiger charge is -2.30. The third kappa shape index (κ3) is 7.21. The highest BCUT2D eigenvalue weighted by atomic mass is 79.9. The molecule has 2 rings (SSSR count). The largest absolute Gasteiger partial charge is 0.357 e. The molecule has 0 unspecified atom stereocenters. The van der Waals surface area contributed by atoms with E-state index < -0.39 is 6.04 Å². The van der Waals surface area contributed by atoms with Crippen molar-refractivity contribution in [2.45, 2.75) is 31.7 Å². The number of carbonyl (C=O) groups excluding carboxylic acids is 2. The zero-order chi connectivity index (χ0) is 21.4. The van der Waals surface area contributed by atoms with Crippen molar-refractivity contribution in [1.29, 1.82) is 0 Å². The molecule has 2 aromatic rings. The SMILES string of the molecule is CC[C@H](C(=O)NC)N(Cc1ccc(Cl)cc1Cl)C(=O)CSCc1ccc(Br)cc1. The summed E-state index contributed by atoms with van der Waals surface area (Å²) in [6.45, 7) is 2.14. The summed E-state index contributed by atoms with van der Waals surface area (Å²) in [6, 6.07) is 12.6. The van der Waals surface area contributed by atoms with Crippen molar-refractivity contribution in [2.75, 3.05) is 12.8 Å². The van der Waals surface area contributed by atoms with Crippen LogP contribution in [0.15, 0.2) is 46.9 Å². The molecule has 156 valence electrons. The van der Waals surface area contributed by atoms with Gasteiger partial charge in [-0.1, -0.05) is 64.3 Å². The maximum Gasteiger partial charge on any atom is 0.242 e. The summed E-state index contributed by atoms with van der Waals surface area (Å²) in [5.41, 5.74) is 1.89. The standard InChI is InChI=1S/C21H23BrCl2N2O2S/c1-3-19(21(28)25-2)26(11-15-6-9-17(23)10-18(15)24)20(27)13-29-12-14-4-7-16(22)8-5-14/h4-10,19H,3,11-13H2,1-2H3,(H,25,28)/t19-/m1/s1. The number of amides is 2. The molecule has 4 nitrogen and oxygen atoms in total. The van der Waals surface area contributed by atoms with Crippen LogP contribution in [0.25, 0.3) is 0 Å². The Hall–Kier alpha value is -1.21. The first-order valence-electron chi connectivity index (χ1n) is 9.12. The fourth-order valence-corrected chi connectivity index (χ4v) is 4.44. The molecule has 0 bridgehead atoms. The molecule has 0 saturated heterocycles. The summed E-state index contributed by atoms with van der Waals surface area (Å²) in [5.74, 6) is 0.692. The van der Waals surface area contributed by atoms with Crippen LogP contribution in [-0.4, -0.2) is 35.6 Å². The molecule has 0 aliphatic carbocycles. The fraction of sp³-hybridized carbons (Fsp3) is 0.333. The van der Waals surface area contributed by atoms with Crippen molar-refractivity contribution in [3.8, 4) is 0 Å². The fourth-order valence-electron chi connectivity index (χ4n) is 2.84. The second-order valence-electron chi connectivity index (χ2n) is 6.41. The van der Waals surface area contributed by atoms with Gasteiger partial charge in [0.2, 0.25) is 11.8 Å². The molecule has 8 heteroatoms. The van der Waals surface area contributed by atoms with Crippen molar-refractivity contribution in [2.24, 2.45) is 0 Å². The molecule has 1 atom stereocenters. The number of nitrogens with zero attached hydrogens (tertiary/aromatic N) is 1. The lowest BCUT2D eigenvalue weighted by atomic mass is 10.1. The van der Waals surface area contributed by atoms with E-state index in [4.69, 9.17) is 23.2 Å². The Morgan fingerprint density at radius 1 is 1.17 bits per heavy atom. The van der Waals surface area contributed by atoms with E-state index in [1.807, 2.05) is 31.2 Å². The third-order valence-corrected chi connectivity index (χ3v) is 6.50. The maximum absolute atomic E-state index is 13.0. The molecule has 1 N–H and O–H groups in total. The van der Waals surface area contributed by atoms with Crippen LogP contribution in [-0.2, 0) is 21.9 Å². The first-order valence-corrected chi connectivity index (χ1v) is 11.8. The zero-order valence-corrected chi connectivity index (χ0v) is 20.2.